The second-order valence-electron chi connectivity index (χ2n) is 7.42. The highest BCUT2D eigenvalue weighted by atomic mass is 16.6. The van der Waals surface area contributed by atoms with E-state index in [1.165, 1.54) is 0 Å². The number of hydrogen-bond donors (Lipinski definition) is 1. The Morgan fingerprint density at radius 2 is 2.12 bits per heavy atom. The maximum atomic E-state index is 12.1. The lowest BCUT2D eigenvalue weighted by Gasteiger charge is -2.28. The third-order valence-electron chi connectivity index (χ3n) is 5.51. The summed E-state index contributed by atoms with van der Waals surface area (Å²) in [5, 5.41) is 10.3. The summed E-state index contributed by atoms with van der Waals surface area (Å²) < 4.78 is 17.4. The van der Waals surface area contributed by atoms with E-state index < -0.39 is 12.2 Å². The van der Waals surface area contributed by atoms with E-state index >= 15 is 0 Å². The Kier molecular flexibility index (Phi) is 5.13. The van der Waals surface area contributed by atoms with Crippen LogP contribution in [0, 0.1) is 11.8 Å². The molecular formula is C19H28O5. The number of ether oxygens (including phenoxy) is 3. The molecule has 3 rings (SSSR count). The summed E-state index contributed by atoms with van der Waals surface area (Å²) in [5.74, 6) is -0.125. The van der Waals surface area contributed by atoms with Crippen LogP contribution in [0.25, 0.3) is 0 Å². The first-order valence-corrected chi connectivity index (χ1v) is 8.93. The van der Waals surface area contributed by atoms with Gasteiger partial charge in [0.1, 0.15) is 6.10 Å². The fraction of sp³-hybridized carbons (Fsp3) is 0.737. The summed E-state index contributed by atoms with van der Waals surface area (Å²) in [4.78, 5) is 12.1. The molecule has 24 heavy (non-hydrogen) atoms. The number of epoxide rings is 1. The minimum Gasteiger partial charge on any atom is -0.454 e. The van der Waals surface area contributed by atoms with Crippen molar-refractivity contribution < 1.29 is 24.1 Å². The van der Waals surface area contributed by atoms with Gasteiger partial charge in [0.05, 0.1) is 30.3 Å². The lowest BCUT2D eigenvalue weighted by Crippen LogP contribution is -2.34. The summed E-state index contributed by atoms with van der Waals surface area (Å²) in [7, 11) is 0. The number of esters is 1. The van der Waals surface area contributed by atoms with Gasteiger partial charge in [-0.2, -0.15) is 0 Å². The van der Waals surface area contributed by atoms with Crippen LogP contribution in [0.1, 0.15) is 40.0 Å². The zero-order valence-electron chi connectivity index (χ0n) is 14.7. The quantitative estimate of drug-likeness (QED) is 0.369. The van der Waals surface area contributed by atoms with Gasteiger partial charge in [0.25, 0.3) is 0 Å². The number of aliphatic hydroxyl groups excluding tert-OH is 1. The Labute approximate surface area is 143 Å². The van der Waals surface area contributed by atoms with Crippen molar-refractivity contribution in [3.8, 4) is 0 Å². The molecule has 0 saturated carbocycles. The molecule has 134 valence electrons. The number of carbonyl (C=O) groups is 1. The van der Waals surface area contributed by atoms with Crippen LogP contribution >= 0.6 is 0 Å². The normalized spacial score (nSPS) is 40.2. The topological polar surface area (TPSA) is 68.3 Å². The smallest absolute Gasteiger partial charge is 0.334 e. The van der Waals surface area contributed by atoms with Crippen LogP contribution < -0.4 is 0 Å². The van der Waals surface area contributed by atoms with Crippen molar-refractivity contribution in [1.29, 1.82) is 0 Å². The predicted molar refractivity (Wildman–Crippen MR) is 89.4 cm³/mol. The van der Waals surface area contributed by atoms with Crippen molar-refractivity contribution in [2.75, 3.05) is 6.61 Å². The van der Waals surface area contributed by atoms with Gasteiger partial charge < -0.3 is 19.3 Å². The van der Waals surface area contributed by atoms with Gasteiger partial charge in [-0.15, -0.1) is 0 Å². The van der Waals surface area contributed by atoms with E-state index in [1.807, 2.05) is 13.0 Å². The molecule has 5 heteroatoms. The first kappa shape index (κ1) is 17.6. The van der Waals surface area contributed by atoms with E-state index in [-0.39, 0.29) is 30.2 Å². The van der Waals surface area contributed by atoms with Crippen LogP contribution in [0.4, 0.5) is 0 Å². The maximum Gasteiger partial charge on any atom is 0.334 e. The molecule has 1 N–H and O–H groups in total. The van der Waals surface area contributed by atoms with E-state index in [0.29, 0.717) is 30.9 Å². The van der Waals surface area contributed by atoms with Crippen LogP contribution in [0.2, 0.25) is 0 Å². The zero-order chi connectivity index (χ0) is 17.4. The predicted octanol–water partition coefficient (Wildman–Crippen LogP) is 2.38. The minimum absolute atomic E-state index is 0.0703. The van der Waals surface area contributed by atoms with Gasteiger partial charge in [0.2, 0.25) is 0 Å². The molecule has 0 bridgehead atoms. The van der Waals surface area contributed by atoms with Crippen molar-refractivity contribution in [3.63, 3.8) is 0 Å². The van der Waals surface area contributed by atoms with Crippen molar-refractivity contribution >= 4 is 5.97 Å². The molecule has 2 fully saturated rings. The number of fused-ring (bicyclic) bond motifs is 2. The second-order valence-corrected chi connectivity index (χ2v) is 7.42. The molecule has 0 spiro atoms. The number of hydrogen-bond acceptors (Lipinski definition) is 5. The van der Waals surface area contributed by atoms with Crippen molar-refractivity contribution in [2.24, 2.45) is 11.8 Å². The second kappa shape index (κ2) is 6.98. The first-order valence-electron chi connectivity index (χ1n) is 8.93. The Balaban J connectivity index is 1.85. The van der Waals surface area contributed by atoms with Crippen molar-refractivity contribution in [3.05, 3.63) is 23.8 Å². The van der Waals surface area contributed by atoms with Gasteiger partial charge >= 0.3 is 5.97 Å². The van der Waals surface area contributed by atoms with Crippen LogP contribution in [0.3, 0.4) is 0 Å². The van der Waals surface area contributed by atoms with Gasteiger partial charge in [0, 0.05) is 25.0 Å². The van der Waals surface area contributed by atoms with E-state index in [0.717, 1.165) is 12.0 Å². The molecule has 0 aromatic heterocycles. The number of rotatable bonds is 4. The summed E-state index contributed by atoms with van der Waals surface area (Å²) in [6.07, 6.45) is 3.20. The van der Waals surface area contributed by atoms with Gasteiger partial charge in [-0.3, -0.25) is 0 Å². The molecule has 3 aliphatic rings. The Morgan fingerprint density at radius 1 is 1.42 bits per heavy atom. The maximum absolute atomic E-state index is 12.1. The highest BCUT2D eigenvalue weighted by Crippen LogP contribution is 2.41. The summed E-state index contributed by atoms with van der Waals surface area (Å²) in [6, 6.07) is 0. The molecule has 0 aromatic carbocycles. The summed E-state index contributed by atoms with van der Waals surface area (Å²) in [6.45, 7) is 10.7. The number of aliphatic hydroxyl groups is 1. The molecular weight excluding hydrogens is 308 g/mol. The molecule has 5 nitrogen and oxygen atoms in total. The third kappa shape index (κ3) is 3.58. The van der Waals surface area contributed by atoms with Crippen LogP contribution in [0.5, 0.6) is 0 Å². The lowest BCUT2D eigenvalue weighted by molar-refractivity contribution is -0.137. The van der Waals surface area contributed by atoms with E-state index in [4.69, 9.17) is 14.2 Å². The van der Waals surface area contributed by atoms with Gasteiger partial charge in [0.15, 0.2) is 0 Å². The van der Waals surface area contributed by atoms with Crippen LogP contribution in [0.15, 0.2) is 23.8 Å². The Bertz CT molecular complexity index is 540. The highest BCUT2D eigenvalue weighted by Gasteiger charge is 2.49. The first-order chi connectivity index (χ1) is 11.4. The van der Waals surface area contributed by atoms with Gasteiger partial charge in [-0.25, -0.2) is 4.79 Å². The number of carbonyl (C=O) groups excluding carboxylic acids is 1. The van der Waals surface area contributed by atoms with E-state index in [2.05, 4.69) is 20.4 Å². The molecule has 7 atom stereocenters. The minimum atomic E-state index is -0.564. The van der Waals surface area contributed by atoms with E-state index in [1.54, 1.807) is 0 Å². The summed E-state index contributed by atoms with van der Waals surface area (Å²) in [5.41, 5.74) is 1.27. The average Bonchev–Trinajstić information content (AvgIpc) is 3.21. The SMILES string of the molecule is C=C1C(=O)OC2C=C(C)C(O)CC3OC3CC(OCC(C)CC)C12. The van der Waals surface area contributed by atoms with Gasteiger partial charge in [-0.1, -0.05) is 26.8 Å². The van der Waals surface area contributed by atoms with Crippen LogP contribution in [-0.4, -0.2) is 48.2 Å². The molecule has 7 unspecified atom stereocenters. The fourth-order valence-corrected chi connectivity index (χ4v) is 3.50. The molecule has 0 aromatic rings. The molecule has 0 amide bonds. The monoisotopic (exact) mass is 336 g/mol. The van der Waals surface area contributed by atoms with E-state index in [9.17, 15) is 9.90 Å². The molecule has 1 aliphatic carbocycles. The zero-order valence-corrected chi connectivity index (χ0v) is 14.7. The van der Waals surface area contributed by atoms with Crippen molar-refractivity contribution in [2.45, 2.75) is 70.6 Å². The summed E-state index contributed by atoms with van der Waals surface area (Å²) >= 11 is 0. The Hall–Kier alpha value is -1.17. The van der Waals surface area contributed by atoms with Gasteiger partial charge in [-0.05, 0) is 24.5 Å². The van der Waals surface area contributed by atoms with Crippen LogP contribution in [-0.2, 0) is 19.0 Å². The molecule has 2 heterocycles. The molecule has 2 aliphatic heterocycles. The molecule has 2 saturated heterocycles. The Morgan fingerprint density at radius 3 is 2.83 bits per heavy atom. The highest BCUT2D eigenvalue weighted by molar-refractivity contribution is 5.91. The third-order valence-corrected chi connectivity index (χ3v) is 5.51. The standard InChI is InChI=1S/C19H28O5/c1-5-10(2)9-22-16-8-15-14(23-15)7-13(20)11(3)6-17-18(16)12(4)19(21)24-17/h6,10,13-18,20H,4-5,7-9H2,1-3H3. The lowest BCUT2D eigenvalue weighted by atomic mass is 9.85. The molecule has 0 radical (unpaired) electrons. The van der Waals surface area contributed by atoms with Crippen molar-refractivity contribution in [1.82, 2.24) is 0 Å². The average molecular weight is 336 g/mol. The largest absolute Gasteiger partial charge is 0.454 e. The fourth-order valence-electron chi connectivity index (χ4n) is 3.50.